The van der Waals surface area contributed by atoms with Crippen LogP contribution in [0.4, 0.5) is 11.4 Å². The highest BCUT2D eigenvalue weighted by atomic mass is 16.2. The van der Waals surface area contributed by atoms with Gasteiger partial charge < -0.3 is 20.1 Å². The molecule has 3 amide bonds. The van der Waals surface area contributed by atoms with Crippen LogP contribution in [0.25, 0.3) is 0 Å². The van der Waals surface area contributed by atoms with Crippen LogP contribution in [-0.2, 0) is 11.8 Å². The third kappa shape index (κ3) is 2.87. The van der Waals surface area contributed by atoms with Crippen LogP contribution >= 0.6 is 0 Å². The summed E-state index contributed by atoms with van der Waals surface area (Å²) in [6.45, 7) is 2.31. The minimum atomic E-state index is -0.551. The molecule has 8 heteroatoms. The van der Waals surface area contributed by atoms with Gasteiger partial charge in [-0.3, -0.25) is 19.2 Å². The molecule has 3 heterocycles. The molecule has 1 atom stereocenters. The zero-order valence-electron chi connectivity index (χ0n) is 15.6. The Hall–Kier alpha value is -3.42. The van der Waals surface area contributed by atoms with E-state index >= 15 is 0 Å². The number of amides is 3. The molecule has 4 rings (SSSR count). The summed E-state index contributed by atoms with van der Waals surface area (Å²) in [7, 11) is 1.60. The van der Waals surface area contributed by atoms with Crippen LogP contribution in [0.15, 0.2) is 35.1 Å². The lowest BCUT2D eigenvalue weighted by Crippen LogP contribution is -2.40. The number of fused-ring (bicyclic) bond motifs is 2. The van der Waals surface area contributed by atoms with Gasteiger partial charge in [0, 0.05) is 25.0 Å². The van der Waals surface area contributed by atoms with Gasteiger partial charge in [-0.05, 0) is 50.1 Å². The van der Waals surface area contributed by atoms with Crippen LogP contribution in [0.1, 0.15) is 39.3 Å². The Kier molecular flexibility index (Phi) is 4.26. The third-order valence-electron chi connectivity index (χ3n) is 5.38. The number of anilines is 2. The summed E-state index contributed by atoms with van der Waals surface area (Å²) < 4.78 is 1.40. The minimum absolute atomic E-state index is 0.0160. The van der Waals surface area contributed by atoms with Gasteiger partial charge >= 0.3 is 0 Å². The van der Waals surface area contributed by atoms with Crippen LogP contribution in [0.2, 0.25) is 0 Å². The normalized spacial score (nSPS) is 18.2. The number of carbonyl (C=O) groups is 3. The Labute approximate surface area is 161 Å². The first-order valence-electron chi connectivity index (χ1n) is 9.10. The fourth-order valence-corrected chi connectivity index (χ4v) is 3.66. The molecule has 0 spiro atoms. The van der Waals surface area contributed by atoms with E-state index in [4.69, 9.17) is 0 Å². The molecule has 2 aliphatic rings. The maximum Gasteiger partial charge on any atom is 0.263 e. The highest BCUT2D eigenvalue weighted by molar-refractivity contribution is 6.11. The number of rotatable bonds is 2. The van der Waals surface area contributed by atoms with Crippen molar-refractivity contribution in [1.29, 1.82) is 0 Å². The van der Waals surface area contributed by atoms with Gasteiger partial charge in [0.1, 0.15) is 11.6 Å². The molecule has 1 aromatic heterocycles. The number of benzene rings is 1. The van der Waals surface area contributed by atoms with Crippen molar-refractivity contribution in [3.8, 4) is 0 Å². The molecule has 0 saturated carbocycles. The zero-order chi connectivity index (χ0) is 20.0. The van der Waals surface area contributed by atoms with Crippen molar-refractivity contribution in [3.63, 3.8) is 0 Å². The summed E-state index contributed by atoms with van der Waals surface area (Å²) in [5, 5.41) is 5.46. The molecular weight excluding hydrogens is 360 g/mol. The second-order valence-electron chi connectivity index (χ2n) is 7.11. The predicted molar refractivity (Wildman–Crippen MR) is 104 cm³/mol. The van der Waals surface area contributed by atoms with E-state index in [-0.39, 0.29) is 17.4 Å². The van der Waals surface area contributed by atoms with Crippen LogP contribution in [0, 0.1) is 6.92 Å². The Morgan fingerprint density at radius 3 is 2.75 bits per heavy atom. The van der Waals surface area contributed by atoms with Crippen molar-refractivity contribution in [1.82, 2.24) is 9.47 Å². The van der Waals surface area contributed by atoms with E-state index < -0.39 is 17.5 Å². The number of nitrogens with zero attached hydrogens (tertiary/aromatic N) is 2. The highest BCUT2D eigenvalue weighted by Gasteiger charge is 2.38. The third-order valence-corrected chi connectivity index (χ3v) is 5.38. The molecule has 0 bridgehead atoms. The lowest BCUT2D eigenvalue weighted by atomic mass is 10.1. The molecule has 2 aromatic rings. The topological polar surface area (TPSA) is 101 Å². The molecule has 1 aromatic carbocycles. The van der Waals surface area contributed by atoms with Crippen LogP contribution in [0.3, 0.4) is 0 Å². The average molecular weight is 380 g/mol. The second kappa shape index (κ2) is 6.63. The van der Waals surface area contributed by atoms with Gasteiger partial charge in [0.2, 0.25) is 5.91 Å². The van der Waals surface area contributed by atoms with E-state index in [2.05, 4.69) is 10.6 Å². The van der Waals surface area contributed by atoms with Gasteiger partial charge in [-0.25, -0.2) is 0 Å². The number of hydrogen-bond donors (Lipinski definition) is 2. The predicted octanol–water partition coefficient (Wildman–Crippen LogP) is 1.50. The van der Waals surface area contributed by atoms with Gasteiger partial charge in [-0.1, -0.05) is 0 Å². The highest BCUT2D eigenvalue weighted by Crippen LogP contribution is 2.30. The lowest BCUT2D eigenvalue weighted by molar-refractivity contribution is -0.119. The van der Waals surface area contributed by atoms with Gasteiger partial charge in [-0.15, -0.1) is 0 Å². The van der Waals surface area contributed by atoms with Crippen molar-refractivity contribution < 1.29 is 14.4 Å². The summed E-state index contributed by atoms with van der Waals surface area (Å²) >= 11 is 0. The summed E-state index contributed by atoms with van der Waals surface area (Å²) in [4.78, 5) is 51.7. The Balaban J connectivity index is 1.65. The van der Waals surface area contributed by atoms with Crippen LogP contribution < -0.4 is 16.2 Å². The monoisotopic (exact) mass is 380 g/mol. The summed E-state index contributed by atoms with van der Waals surface area (Å²) in [5.41, 5.74) is 1.50. The van der Waals surface area contributed by atoms with Crippen molar-refractivity contribution in [2.45, 2.75) is 25.8 Å². The van der Waals surface area contributed by atoms with Crippen molar-refractivity contribution in [2.75, 3.05) is 17.2 Å². The maximum atomic E-state index is 12.9. The van der Waals surface area contributed by atoms with Crippen molar-refractivity contribution >= 4 is 29.1 Å². The molecule has 28 heavy (non-hydrogen) atoms. The van der Waals surface area contributed by atoms with Gasteiger partial charge in [0.15, 0.2) is 0 Å². The average Bonchev–Trinajstić information content (AvgIpc) is 3.13. The molecule has 8 nitrogen and oxygen atoms in total. The Morgan fingerprint density at radius 1 is 1.18 bits per heavy atom. The molecule has 2 aliphatic heterocycles. The fraction of sp³-hybridized carbons (Fsp3) is 0.300. The second-order valence-corrected chi connectivity index (χ2v) is 7.11. The minimum Gasteiger partial charge on any atom is -0.327 e. The Morgan fingerprint density at radius 2 is 1.96 bits per heavy atom. The number of aryl methyl sites for hydroxylation is 1. The summed E-state index contributed by atoms with van der Waals surface area (Å²) in [6, 6.07) is 7.45. The molecule has 1 saturated heterocycles. The van der Waals surface area contributed by atoms with E-state index in [1.165, 1.54) is 16.7 Å². The van der Waals surface area contributed by atoms with Crippen molar-refractivity contribution in [3.05, 3.63) is 57.5 Å². The molecule has 0 radical (unpaired) electrons. The Bertz CT molecular complexity index is 1070. The number of carbonyl (C=O) groups excluding carboxylic acids is 3. The fourth-order valence-electron chi connectivity index (χ4n) is 3.66. The van der Waals surface area contributed by atoms with E-state index in [0.717, 1.165) is 12.1 Å². The standard InChI is InChI=1S/C20H20N4O4/c1-11-5-7-13(19(27)23(11)2)17(25)21-12-6-8-15-14(10-12)20(28)24-9-3-4-16(24)18(26)22-15/h5-8,10,16H,3-4,9H2,1-2H3,(H,21,25)(H,22,26)/t16-/m1/s1. The number of aromatic nitrogens is 1. The SMILES string of the molecule is Cc1ccc(C(=O)Nc2ccc3c(c2)C(=O)N2CCC[C@@H]2C(=O)N3)c(=O)n1C. The maximum absolute atomic E-state index is 12.9. The quantitative estimate of drug-likeness (QED) is 0.825. The van der Waals surface area contributed by atoms with E-state index in [0.29, 0.717) is 29.9 Å². The number of nitrogens with one attached hydrogen (secondary N) is 2. The van der Waals surface area contributed by atoms with Crippen LogP contribution in [0.5, 0.6) is 0 Å². The van der Waals surface area contributed by atoms with Gasteiger partial charge in [0.25, 0.3) is 17.4 Å². The summed E-state index contributed by atoms with van der Waals surface area (Å²) in [5.74, 6) is -0.979. The van der Waals surface area contributed by atoms with Crippen molar-refractivity contribution in [2.24, 2.45) is 7.05 Å². The molecule has 0 unspecified atom stereocenters. The first-order valence-corrected chi connectivity index (χ1v) is 9.10. The zero-order valence-corrected chi connectivity index (χ0v) is 15.6. The first kappa shape index (κ1) is 18.0. The van der Waals surface area contributed by atoms with Gasteiger partial charge in [0.05, 0.1) is 11.3 Å². The molecular formula is C20H20N4O4. The van der Waals surface area contributed by atoms with E-state index in [9.17, 15) is 19.2 Å². The largest absolute Gasteiger partial charge is 0.327 e. The molecule has 2 N–H and O–H groups in total. The van der Waals surface area contributed by atoms with E-state index in [1.807, 2.05) is 0 Å². The number of hydrogen-bond acceptors (Lipinski definition) is 4. The molecule has 1 fully saturated rings. The van der Waals surface area contributed by atoms with Gasteiger partial charge in [-0.2, -0.15) is 0 Å². The lowest BCUT2D eigenvalue weighted by Gasteiger charge is -2.20. The first-order chi connectivity index (χ1) is 13.4. The smallest absolute Gasteiger partial charge is 0.263 e. The summed E-state index contributed by atoms with van der Waals surface area (Å²) in [6.07, 6.45) is 1.43. The number of pyridine rings is 1. The van der Waals surface area contributed by atoms with Crippen LogP contribution in [-0.4, -0.2) is 39.8 Å². The molecule has 0 aliphatic carbocycles. The molecule has 144 valence electrons. The van der Waals surface area contributed by atoms with E-state index in [1.54, 1.807) is 37.1 Å².